The van der Waals surface area contributed by atoms with Gasteiger partial charge in [-0.3, -0.25) is 14.2 Å². The molecule has 11 heteroatoms. The molecule has 142 valence electrons. The van der Waals surface area contributed by atoms with Crippen molar-refractivity contribution in [3.05, 3.63) is 33.4 Å². The van der Waals surface area contributed by atoms with Crippen LogP contribution in [0.25, 0.3) is 10.2 Å². The number of thioether (sulfide) groups is 1. The average Bonchev–Trinajstić information content (AvgIpc) is 3.30. The zero-order valence-corrected chi connectivity index (χ0v) is 16.5. The van der Waals surface area contributed by atoms with Crippen LogP contribution in [0.1, 0.15) is 19.3 Å². The van der Waals surface area contributed by atoms with E-state index in [0.717, 1.165) is 0 Å². The first-order chi connectivity index (χ1) is 13.0. The molecule has 0 radical (unpaired) electrons. The van der Waals surface area contributed by atoms with E-state index in [-0.39, 0.29) is 23.6 Å². The number of carbonyl (C=O) groups is 2. The summed E-state index contributed by atoms with van der Waals surface area (Å²) in [7, 11) is 0. The molecule has 0 unspecified atom stereocenters. The van der Waals surface area contributed by atoms with E-state index >= 15 is 0 Å². The number of aliphatic carboxylic acids is 1. The van der Waals surface area contributed by atoms with E-state index in [1.165, 1.54) is 39.0 Å². The lowest BCUT2D eigenvalue weighted by Crippen LogP contribution is -2.24. The van der Waals surface area contributed by atoms with Crippen LogP contribution in [0.5, 0.6) is 0 Å². The molecule has 0 atom stereocenters. The Hall–Kier alpha value is -2.24. The molecule has 3 aromatic rings. The first-order valence-electron chi connectivity index (χ1n) is 8.04. The smallest absolute Gasteiger partial charge is 0.272 e. The third kappa shape index (κ3) is 5.15. The molecule has 8 nitrogen and oxygen atoms in total. The Bertz CT molecular complexity index is 997. The Morgan fingerprint density at radius 1 is 1.26 bits per heavy atom. The zero-order chi connectivity index (χ0) is 19.2. The van der Waals surface area contributed by atoms with Crippen molar-refractivity contribution in [3.63, 3.8) is 0 Å². The molecule has 27 heavy (non-hydrogen) atoms. The Morgan fingerprint density at radius 2 is 2.11 bits per heavy atom. The van der Waals surface area contributed by atoms with Gasteiger partial charge in [0.2, 0.25) is 5.91 Å². The van der Waals surface area contributed by atoms with Crippen LogP contribution in [-0.4, -0.2) is 32.2 Å². The number of fused-ring (bicyclic) bond motifs is 1. The van der Waals surface area contributed by atoms with Crippen LogP contribution in [0, 0.1) is 0 Å². The van der Waals surface area contributed by atoms with Crippen LogP contribution in [0.3, 0.4) is 0 Å². The van der Waals surface area contributed by atoms with Crippen molar-refractivity contribution in [2.24, 2.45) is 0 Å². The van der Waals surface area contributed by atoms with Gasteiger partial charge in [-0.05, 0) is 30.7 Å². The highest BCUT2D eigenvalue weighted by molar-refractivity contribution is 7.99. The van der Waals surface area contributed by atoms with Crippen LogP contribution < -0.4 is 16.0 Å². The summed E-state index contributed by atoms with van der Waals surface area (Å²) in [6.45, 7) is 0.337. The van der Waals surface area contributed by atoms with Gasteiger partial charge in [-0.2, -0.15) is 0 Å². The molecule has 3 heterocycles. The van der Waals surface area contributed by atoms with Crippen molar-refractivity contribution < 1.29 is 14.7 Å². The van der Waals surface area contributed by atoms with Gasteiger partial charge < -0.3 is 15.2 Å². The number of carboxylic acids is 1. The molecule has 0 saturated carbocycles. The highest BCUT2D eigenvalue weighted by Gasteiger charge is 2.14. The van der Waals surface area contributed by atoms with Gasteiger partial charge in [0.1, 0.15) is 4.70 Å². The Morgan fingerprint density at radius 3 is 2.85 bits per heavy atom. The van der Waals surface area contributed by atoms with E-state index < -0.39 is 5.97 Å². The SMILES string of the molecule is O=C([O-])CCCCn1c(SCC(=O)Nc2nccs2)nc2ccsc2c1=O. The fourth-order valence-corrected chi connectivity index (χ4v) is 4.49. The number of nitrogens with one attached hydrogen (secondary N) is 1. The van der Waals surface area contributed by atoms with Crippen LogP contribution in [0.4, 0.5) is 5.13 Å². The number of rotatable bonds is 9. The minimum Gasteiger partial charge on any atom is -0.550 e. The van der Waals surface area contributed by atoms with Crippen molar-refractivity contribution in [2.75, 3.05) is 11.1 Å². The second kappa shape index (κ2) is 9.11. The number of unbranched alkanes of at least 4 members (excludes halogenated alkanes) is 1. The molecule has 1 N–H and O–H groups in total. The minimum atomic E-state index is -1.11. The molecule has 3 rings (SSSR count). The van der Waals surface area contributed by atoms with E-state index in [1.807, 2.05) is 0 Å². The molecule has 0 saturated heterocycles. The molecule has 3 aromatic heterocycles. The predicted octanol–water partition coefficient (Wildman–Crippen LogP) is 1.57. The summed E-state index contributed by atoms with van der Waals surface area (Å²) in [6.07, 6.45) is 2.46. The summed E-state index contributed by atoms with van der Waals surface area (Å²) < 4.78 is 2.06. The van der Waals surface area contributed by atoms with Gasteiger partial charge in [0.25, 0.3) is 5.56 Å². The van der Waals surface area contributed by atoms with Crippen LogP contribution in [0.15, 0.2) is 33.0 Å². The summed E-state index contributed by atoms with van der Waals surface area (Å²) in [4.78, 5) is 43.8. The first-order valence-corrected chi connectivity index (χ1v) is 10.8. The number of thiazole rings is 1. The number of thiophene rings is 1. The van der Waals surface area contributed by atoms with E-state index in [9.17, 15) is 19.5 Å². The number of carbonyl (C=O) groups excluding carboxylic acids is 2. The van der Waals surface area contributed by atoms with Crippen molar-refractivity contribution in [2.45, 2.75) is 31.0 Å². The van der Waals surface area contributed by atoms with E-state index in [0.29, 0.717) is 39.9 Å². The van der Waals surface area contributed by atoms with Gasteiger partial charge in [0, 0.05) is 24.1 Å². The molecular weight excluding hydrogens is 408 g/mol. The second-order valence-corrected chi connectivity index (χ2v) is 8.24. The number of aromatic nitrogens is 3. The molecular formula is C16H15N4O4S3-. The maximum absolute atomic E-state index is 12.7. The predicted molar refractivity (Wildman–Crippen MR) is 104 cm³/mol. The van der Waals surface area contributed by atoms with Crippen LogP contribution >= 0.6 is 34.4 Å². The largest absolute Gasteiger partial charge is 0.550 e. The third-order valence-electron chi connectivity index (χ3n) is 3.55. The first kappa shape index (κ1) is 19.5. The molecule has 1 amide bonds. The monoisotopic (exact) mass is 423 g/mol. The average molecular weight is 424 g/mol. The standard InChI is InChI=1S/C16H16N4O4S3/c21-11(19-15-17-5-8-26-15)9-27-16-18-10-4-7-25-13(10)14(24)20(16)6-2-1-3-12(22)23/h4-5,7-8H,1-3,6,9H2,(H,22,23)(H,17,19,21)/p-1. The Kier molecular flexibility index (Phi) is 6.58. The lowest BCUT2D eigenvalue weighted by Gasteiger charge is -2.12. The highest BCUT2D eigenvalue weighted by atomic mass is 32.2. The van der Waals surface area contributed by atoms with Crippen molar-refractivity contribution in [1.29, 1.82) is 0 Å². The zero-order valence-electron chi connectivity index (χ0n) is 14.0. The van der Waals surface area contributed by atoms with Crippen molar-refractivity contribution in [3.8, 4) is 0 Å². The third-order valence-corrected chi connectivity index (χ3v) is 6.11. The fraction of sp³-hybridized carbons (Fsp3) is 0.312. The van der Waals surface area contributed by atoms with Crippen molar-refractivity contribution in [1.82, 2.24) is 14.5 Å². The summed E-state index contributed by atoms with van der Waals surface area (Å²) in [5.41, 5.74) is 0.421. The molecule has 0 aliphatic rings. The van der Waals surface area contributed by atoms with Gasteiger partial charge in [-0.15, -0.1) is 22.7 Å². The molecule has 0 aliphatic carbocycles. The van der Waals surface area contributed by atoms with Gasteiger partial charge >= 0.3 is 0 Å². The topological polar surface area (TPSA) is 117 Å². The summed E-state index contributed by atoms with van der Waals surface area (Å²) >= 11 is 3.80. The van der Waals surface area contributed by atoms with Crippen LogP contribution in [0.2, 0.25) is 0 Å². The van der Waals surface area contributed by atoms with Gasteiger partial charge in [0.15, 0.2) is 10.3 Å². The van der Waals surface area contributed by atoms with Gasteiger partial charge in [-0.25, -0.2) is 9.97 Å². The number of amides is 1. The summed E-state index contributed by atoms with van der Waals surface area (Å²) in [5, 5.41) is 17.7. The number of carboxylic acid groups (broad SMARTS) is 1. The van der Waals surface area contributed by atoms with E-state index in [4.69, 9.17) is 0 Å². The van der Waals surface area contributed by atoms with Gasteiger partial charge in [0.05, 0.1) is 11.3 Å². The number of anilines is 1. The minimum absolute atomic E-state index is 0.0535. The molecule has 0 bridgehead atoms. The lowest BCUT2D eigenvalue weighted by atomic mass is 10.2. The number of nitrogens with zero attached hydrogens (tertiary/aromatic N) is 3. The normalized spacial score (nSPS) is 11.0. The fourth-order valence-electron chi connectivity index (χ4n) is 2.34. The number of hydrogen-bond acceptors (Lipinski definition) is 9. The maximum atomic E-state index is 12.7. The van der Waals surface area contributed by atoms with Crippen LogP contribution in [-0.2, 0) is 16.1 Å². The summed E-state index contributed by atoms with van der Waals surface area (Å²) in [5.74, 6) is -1.26. The molecule has 0 aromatic carbocycles. The summed E-state index contributed by atoms with van der Waals surface area (Å²) in [6, 6.07) is 1.77. The maximum Gasteiger partial charge on any atom is 0.272 e. The number of hydrogen-bond donors (Lipinski definition) is 1. The van der Waals surface area contributed by atoms with E-state index in [2.05, 4.69) is 15.3 Å². The quantitative estimate of drug-likeness (QED) is 0.315. The highest BCUT2D eigenvalue weighted by Crippen LogP contribution is 2.22. The molecule has 0 spiro atoms. The Balaban J connectivity index is 1.73. The second-order valence-electron chi connectivity index (χ2n) is 5.49. The molecule has 0 fully saturated rings. The molecule has 0 aliphatic heterocycles. The van der Waals surface area contributed by atoms with E-state index in [1.54, 1.807) is 23.0 Å². The van der Waals surface area contributed by atoms with Gasteiger partial charge in [-0.1, -0.05) is 11.8 Å². The Labute approximate surface area is 166 Å². The van der Waals surface area contributed by atoms with Crippen molar-refractivity contribution >= 4 is 61.7 Å². The lowest BCUT2D eigenvalue weighted by molar-refractivity contribution is -0.305.